The SMILES string of the molecule is COC(=O)CCCN(C)C(C)C(=O)N1CCCC1. The van der Waals surface area contributed by atoms with Gasteiger partial charge in [0.15, 0.2) is 0 Å². The van der Waals surface area contributed by atoms with Gasteiger partial charge >= 0.3 is 5.97 Å². The number of carbonyl (C=O) groups excluding carboxylic acids is 2. The van der Waals surface area contributed by atoms with Crippen molar-refractivity contribution in [3.8, 4) is 0 Å². The maximum absolute atomic E-state index is 12.1. The van der Waals surface area contributed by atoms with Crippen LogP contribution in [0, 0.1) is 0 Å². The lowest BCUT2D eigenvalue weighted by Crippen LogP contribution is -2.44. The molecule has 0 aromatic rings. The molecule has 1 heterocycles. The molecular weight excluding hydrogens is 232 g/mol. The van der Waals surface area contributed by atoms with E-state index in [4.69, 9.17) is 0 Å². The number of nitrogens with zero attached hydrogens (tertiary/aromatic N) is 2. The minimum atomic E-state index is -0.193. The van der Waals surface area contributed by atoms with Crippen LogP contribution in [0.5, 0.6) is 0 Å². The molecule has 0 N–H and O–H groups in total. The second kappa shape index (κ2) is 7.36. The highest BCUT2D eigenvalue weighted by Gasteiger charge is 2.25. The summed E-state index contributed by atoms with van der Waals surface area (Å²) in [5.41, 5.74) is 0. The average molecular weight is 256 g/mol. The first kappa shape index (κ1) is 15.0. The molecule has 5 heteroatoms. The molecule has 1 saturated heterocycles. The largest absolute Gasteiger partial charge is 0.469 e. The maximum atomic E-state index is 12.1. The summed E-state index contributed by atoms with van der Waals surface area (Å²) >= 11 is 0. The first-order valence-electron chi connectivity index (χ1n) is 6.62. The van der Waals surface area contributed by atoms with Gasteiger partial charge in [-0.3, -0.25) is 14.5 Å². The zero-order chi connectivity index (χ0) is 13.5. The molecule has 1 aliphatic rings. The molecule has 18 heavy (non-hydrogen) atoms. The van der Waals surface area contributed by atoms with Crippen LogP contribution in [0.1, 0.15) is 32.6 Å². The fourth-order valence-electron chi connectivity index (χ4n) is 2.16. The second-order valence-electron chi connectivity index (χ2n) is 4.87. The number of esters is 1. The summed E-state index contributed by atoms with van der Waals surface area (Å²) in [5.74, 6) is 0.00925. The van der Waals surface area contributed by atoms with Gasteiger partial charge in [0.05, 0.1) is 13.2 Å². The molecule has 1 amide bonds. The first-order valence-corrected chi connectivity index (χ1v) is 6.62. The number of carbonyl (C=O) groups is 2. The lowest BCUT2D eigenvalue weighted by molar-refractivity contribution is -0.140. The summed E-state index contributed by atoms with van der Waals surface area (Å²) in [5, 5.41) is 0. The summed E-state index contributed by atoms with van der Waals surface area (Å²) in [7, 11) is 3.32. The topological polar surface area (TPSA) is 49.9 Å². The van der Waals surface area contributed by atoms with Gasteiger partial charge in [-0.15, -0.1) is 0 Å². The van der Waals surface area contributed by atoms with Crippen molar-refractivity contribution in [2.45, 2.75) is 38.6 Å². The van der Waals surface area contributed by atoms with Crippen molar-refractivity contribution >= 4 is 11.9 Å². The zero-order valence-electron chi connectivity index (χ0n) is 11.6. The quantitative estimate of drug-likeness (QED) is 0.662. The van der Waals surface area contributed by atoms with Crippen molar-refractivity contribution in [1.29, 1.82) is 0 Å². The van der Waals surface area contributed by atoms with E-state index in [0.29, 0.717) is 6.42 Å². The van der Waals surface area contributed by atoms with E-state index in [1.54, 1.807) is 0 Å². The van der Waals surface area contributed by atoms with Gasteiger partial charge in [-0.2, -0.15) is 0 Å². The highest BCUT2D eigenvalue weighted by molar-refractivity contribution is 5.81. The Morgan fingerprint density at radius 2 is 1.94 bits per heavy atom. The van der Waals surface area contributed by atoms with E-state index < -0.39 is 0 Å². The van der Waals surface area contributed by atoms with Crippen LogP contribution in [0.15, 0.2) is 0 Å². The molecule has 1 aliphatic heterocycles. The fourth-order valence-corrected chi connectivity index (χ4v) is 2.16. The van der Waals surface area contributed by atoms with Crippen LogP contribution in [0.4, 0.5) is 0 Å². The van der Waals surface area contributed by atoms with Crippen LogP contribution in [0.3, 0.4) is 0 Å². The molecule has 1 rings (SSSR count). The number of methoxy groups -OCH3 is 1. The molecule has 0 bridgehead atoms. The Balaban J connectivity index is 2.29. The number of likely N-dealkylation sites (N-methyl/N-ethyl adjacent to an activating group) is 1. The number of ether oxygens (including phenoxy) is 1. The number of amides is 1. The predicted molar refractivity (Wildman–Crippen MR) is 69.2 cm³/mol. The minimum absolute atomic E-state index is 0.110. The van der Waals surface area contributed by atoms with Gasteiger partial charge in [-0.1, -0.05) is 0 Å². The van der Waals surface area contributed by atoms with E-state index in [1.807, 2.05) is 23.8 Å². The van der Waals surface area contributed by atoms with Crippen LogP contribution in [0.2, 0.25) is 0 Å². The Labute approximate surface area is 109 Å². The van der Waals surface area contributed by atoms with Crippen LogP contribution in [0.25, 0.3) is 0 Å². The van der Waals surface area contributed by atoms with E-state index in [1.165, 1.54) is 7.11 Å². The fraction of sp³-hybridized carbons (Fsp3) is 0.846. The van der Waals surface area contributed by atoms with Crippen LogP contribution >= 0.6 is 0 Å². The summed E-state index contributed by atoms with van der Waals surface area (Å²) in [6.45, 7) is 4.44. The Hall–Kier alpha value is -1.10. The Kier molecular flexibility index (Phi) is 6.12. The third kappa shape index (κ3) is 4.29. The maximum Gasteiger partial charge on any atom is 0.305 e. The zero-order valence-corrected chi connectivity index (χ0v) is 11.6. The summed E-state index contributed by atoms with van der Waals surface area (Å²) in [6.07, 6.45) is 3.36. The smallest absolute Gasteiger partial charge is 0.305 e. The van der Waals surface area contributed by atoms with E-state index in [0.717, 1.165) is 38.9 Å². The monoisotopic (exact) mass is 256 g/mol. The van der Waals surface area contributed by atoms with Gasteiger partial charge in [0.1, 0.15) is 0 Å². The summed E-state index contributed by atoms with van der Waals surface area (Å²) in [4.78, 5) is 27.1. The van der Waals surface area contributed by atoms with Crippen LogP contribution < -0.4 is 0 Å². The molecule has 0 saturated carbocycles. The molecule has 1 atom stereocenters. The van der Waals surface area contributed by atoms with Gasteiger partial charge in [0, 0.05) is 19.5 Å². The van der Waals surface area contributed by atoms with Crippen molar-refractivity contribution in [3.05, 3.63) is 0 Å². The highest BCUT2D eigenvalue weighted by Crippen LogP contribution is 2.11. The van der Waals surface area contributed by atoms with Gasteiger partial charge in [-0.05, 0) is 39.8 Å². The van der Waals surface area contributed by atoms with Gasteiger partial charge in [-0.25, -0.2) is 0 Å². The van der Waals surface area contributed by atoms with E-state index in [-0.39, 0.29) is 17.9 Å². The second-order valence-corrected chi connectivity index (χ2v) is 4.87. The molecule has 1 fully saturated rings. The normalized spacial score (nSPS) is 17.0. The Bertz CT molecular complexity index is 288. The Morgan fingerprint density at radius 3 is 2.50 bits per heavy atom. The third-order valence-corrected chi connectivity index (χ3v) is 3.56. The van der Waals surface area contributed by atoms with E-state index >= 15 is 0 Å². The number of rotatable bonds is 6. The molecule has 0 spiro atoms. The first-order chi connectivity index (χ1) is 8.56. The molecule has 0 aliphatic carbocycles. The van der Waals surface area contributed by atoms with E-state index in [9.17, 15) is 9.59 Å². The molecule has 5 nitrogen and oxygen atoms in total. The molecular formula is C13H24N2O3. The van der Waals surface area contributed by atoms with E-state index in [2.05, 4.69) is 4.74 Å². The molecule has 104 valence electrons. The number of hydrogen-bond acceptors (Lipinski definition) is 4. The standard InChI is InChI=1S/C13H24N2O3/c1-11(13(17)15-9-4-5-10-15)14(2)8-6-7-12(16)18-3/h11H,4-10H2,1-3H3. The van der Waals surface area contributed by atoms with Crippen LogP contribution in [-0.4, -0.2) is 61.5 Å². The van der Waals surface area contributed by atoms with Crippen LogP contribution in [-0.2, 0) is 14.3 Å². The van der Waals surface area contributed by atoms with Crippen molar-refractivity contribution in [3.63, 3.8) is 0 Å². The molecule has 0 aromatic heterocycles. The average Bonchev–Trinajstić information content (AvgIpc) is 2.90. The van der Waals surface area contributed by atoms with Crippen molar-refractivity contribution in [2.75, 3.05) is 33.8 Å². The molecule has 1 unspecified atom stereocenters. The predicted octanol–water partition coefficient (Wildman–Crippen LogP) is 0.882. The Morgan fingerprint density at radius 1 is 1.33 bits per heavy atom. The van der Waals surface area contributed by atoms with Gasteiger partial charge < -0.3 is 9.64 Å². The van der Waals surface area contributed by atoms with Crippen molar-refractivity contribution in [2.24, 2.45) is 0 Å². The lowest BCUT2D eigenvalue weighted by atomic mass is 10.2. The lowest BCUT2D eigenvalue weighted by Gasteiger charge is -2.27. The molecule has 0 aromatic carbocycles. The summed E-state index contributed by atoms with van der Waals surface area (Å²) in [6, 6.07) is -0.110. The number of hydrogen-bond donors (Lipinski definition) is 0. The number of likely N-dealkylation sites (tertiary alicyclic amines) is 1. The summed E-state index contributed by atoms with van der Waals surface area (Å²) < 4.78 is 4.59. The highest BCUT2D eigenvalue weighted by atomic mass is 16.5. The van der Waals surface area contributed by atoms with Crippen molar-refractivity contribution < 1.29 is 14.3 Å². The third-order valence-electron chi connectivity index (χ3n) is 3.56. The van der Waals surface area contributed by atoms with Gasteiger partial charge in [0.2, 0.25) is 5.91 Å². The minimum Gasteiger partial charge on any atom is -0.469 e. The molecule has 0 radical (unpaired) electrons. The van der Waals surface area contributed by atoms with Gasteiger partial charge in [0.25, 0.3) is 0 Å². The van der Waals surface area contributed by atoms with Crippen molar-refractivity contribution in [1.82, 2.24) is 9.80 Å².